The van der Waals surface area contributed by atoms with Crippen molar-refractivity contribution in [2.24, 2.45) is 0 Å². The monoisotopic (exact) mass is 258 g/mol. The molecule has 0 unspecified atom stereocenters. The summed E-state index contributed by atoms with van der Waals surface area (Å²) in [5, 5.41) is 0. The molecule has 1 heterocycles. The third-order valence-corrected chi connectivity index (χ3v) is 2.83. The Morgan fingerprint density at radius 1 is 1.21 bits per heavy atom. The predicted molar refractivity (Wildman–Crippen MR) is 70.4 cm³/mol. The number of hydrogen-bond acceptors (Lipinski definition) is 4. The number of benzene rings is 2. The van der Waals surface area contributed by atoms with Gasteiger partial charge in [-0.15, -0.1) is 0 Å². The van der Waals surface area contributed by atoms with Crippen molar-refractivity contribution in [3.05, 3.63) is 42.2 Å². The van der Waals surface area contributed by atoms with Gasteiger partial charge in [-0.25, -0.2) is 9.37 Å². The van der Waals surface area contributed by atoms with Gasteiger partial charge >= 0.3 is 0 Å². The second-order valence-electron chi connectivity index (χ2n) is 4.09. The van der Waals surface area contributed by atoms with Gasteiger partial charge in [-0.1, -0.05) is 0 Å². The number of methoxy groups -OCH3 is 1. The number of rotatable bonds is 2. The van der Waals surface area contributed by atoms with E-state index in [0.717, 1.165) is 5.56 Å². The van der Waals surface area contributed by atoms with E-state index in [1.807, 2.05) is 0 Å². The van der Waals surface area contributed by atoms with Crippen LogP contribution in [-0.2, 0) is 0 Å². The van der Waals surface area contributed by atoms with Crippen molar-refractivity contribution >= 4 is 16.8 Å². The summed E-state index contributed by atoms with van der Waals surface area (Å²) in [5.74, 6) is 0.641. The normalized spacial score (nSPS) is 10.8. The molecule has 0 aliphatic rings. The third-order valence-electron chi connectivity index (χ3n) is 2.83. The Morgan fingerprint density at radius 2 is 2.05 bits per heavy atom. The van der Waals surface area contributed by atoms with Gasteiger partial charge in [-0.05, 0) is 30.3 Å². The van der Waals surface area contributed by atoms with Crippen LogP contribution in [-0.4, -0.2) is 12.1 Å². The number of nitrogens with two attached hydrogens (primary N) is 1. The Balaban J connectivity index is 2.11. The van der Waals surface area contributed by atoms with E-state index in [0.29, 0.717) is 28.4 Å². The van der Waals surface area contributed by atoms with E-state index in [-0.39, 0.29) is 5.82 Å². The molecule has 5 heteroatoms. The van der Waals surface area contributed by atoms with Crippen LogP contribution in [0.2, 0.25) is 0 Å². The number of oxazole rings is 1. The number of fused-ring (bicyclic) bond motifs is 1. The molecule has 3 aromatic rings. The first-order chi connectivity index (χ1) is 9.17. The van der Waals surface area contributed by atoms with Crippen LogP contribution in [0.15, 0.2) is 40.8 Å². The molecule has 0 aliphatic heterocycles. The summed E-state index contributed by atoms with van der Waals surface area (Å²) in [6.45, 7) is 0. The molecule has 3 rings (SSSR count). The standard InChI is InChI=1S/C14H11FN2O2/c1-18-12-4-2-8(6-10(12)16)14-17-11-7-9(15)3-5-13(11)19-14/h2-7H,16H2,1H3. The van der Waals surface area contributed by atoms with Crippen LogP contribution in [0.5, 0.6) is 5.75 Å². The number of nitrogens with zero attached hydrogens (tertiary/aromatic N) is 1. The summed E-state index contributed by atoms with van der Waals surface area (Å²) in [7, 11) is 1.55. The lowest BCUT2D eigenvalue weighted by Crippen LogP contribution is -1.92. The topological polar surface area (TPSA) is 61.3 Å². The molecular weight excluding hydrogens is 247 g/mol. The number of halogens is 1. The highest BCUT2D eigenvalue weighted by atomic mass is 19.1. The lowest BCUT2D eigenvalue weighted by molar-refractivity contribution is 0.417. The summed E-state index contributed by atoms with van der Waals surface area (Å²) in [6.07, 6.45) is 0. The van der Waals surface area contributed by atoms with E-state index in [2.05, 4.69) is 4.98 Å². The fraction of sp³-hybridized carbons (Fsp3) is 0.0714. The van der Waals surface area contributed by atoms with Gasteiger partial charge in [0.25, 0.3) is 0 Å². The molecule has 0 radical (unpaired) electrons. The van der Waals surface area contributed by atoms with Crippen molar-refractivity contribution < 1.29 is 13.5 Å². The van der Waals surface area contributed by atoms with Gasteiger partial charge in [0.1, 0.15) is 17.1 Å². The summed E-state index contributed by atoms with van der Waals surface area (Å²) >= 11 is 0. The van der Waals surface area contributed by atoms with E-state index < -0.39 is 0 Å². The molecule has 0 atom stereocenters. The number of aromatic nitrogens is 1. The van der Waals surface area contributed by atoms with Crippen LogP contribution in [0.4, 0.5) is 10.1 Å². The third kappa shape index (κ3) is 1.99. The maximum atomic E-state index is 13.1. The minimum atomic E-state index is -0.346. The SMILES string of the molecule is COc1ccc(-c2nc3cc(F)ccc3o2)cc1N. The largest absolute Gasteiger partial charge is 0.495 e. The minimum absolute atomic E-state index is 0.346. The number of anilines is 1. The number of nitrogen functional groups attached to an aromatic ring is 1. The van der Waals surface area contributed by atoms with E-state index >= 15 is 0 Å². The van der Waals surface area contributed by atoms with Gasteiger partial charge in [0.2, 0.25) is 5.89 Å². The lowest BCUT2D eigenvalue weighted by Gasteiger charge is -2.04. The Labute approximate surface area is 108 Å². The molecule has 0 saturated carbocycles. The van der Waals surface area contributed by atoms with Crippen LogP contribution >= 0.6 is 0 Å². The van der Waals surface area contributed by atoms with Gasteiger partial charge in [0, 0.05) is 11.6 Å². The zero-order valence-electron chi connectivity index (χ0n) is 10.2. The highest BCUT2D eigenvalue weighted by Crippen LogP contribution is 2.30. The van der Waals surface area contributed by atoms with E-state index in [1.54, 1.807) is 31.4 Å². The summed E-state index contributed by atoms with van der Waals surface area (Å²) < 4.78 is 23.7. The quantitative estimate of drug-likeness (QED) is 0.717. The first kappa shape index (κ1) is 11.5. The van der Waals surface area contributed by atoms with Crippen molar-refractivity contribution in [2.45, 2.75) is 0 Å². The van der Waals surface area contributed by atoms with Crippen LogP contribution in [0, 0.1) is 5.82 Å². The molecule has 0 bridgehead atoms. The van der Waals surface area contributed by atoms with Gasteiger partial charge in [-0.2, -0.15) is 0 Å². The van der Waals surface area contributed by atoms with Crippen molar-refractivity contribution in [2.75, 3.05) is 12.8 Å². The average Bonchev–Trinajstić information content (AvgIpc) is 2.81. The molecule has 0 fully saturated rings. The molecule has 96 valence electrons. The van der Waals surface area contributed by atoms with Crippen LogP contribution < -0.4 is 10.5 Å². The predicted octanol–water partition coefficient (Wildman–Crippen LogP) is 3.22. The van der Waals surface area contributed by atoms with Crippen molar-refractivity contribution in [1.82, 2.24) is 4.98 Å². The maximum absolute atomic E-state index is 13.1. The van der Waals surface area contributed by atoms with Crippen molar-refractivity contribution in [3.63, 3.8) is 0 Å². The molecule has 0 spiro atoms. The number of ether oxygens (including phenoxy) is 1. The Morgan fingerprint density at radius 3 is 2.79 bits per heavy atom. The molecular formula is C14H11FN2O2. The first-order valence-corrected chi connectivity index (χ1v) is 5.67. The van der Waals surface area contributed by atoms with Gasteiger partial charge in [0.05, 0.1) is 12.8 Å². The Kier molecular flexibility index (Phi) is 2.59. The zero-order chi connectivity index (χ0) is 13.4. The van der Waals surface area contributed by atoms with Gasteiger partial charge in [-0.3, -0.25) is 0 Å². The number of hydrogen-bond donors (Lipinski definition) is 1. The molecule has 1 aromatic heterocycles. The second kappa shape index (κ2) is 4.28. The highest BCUT2D eigenvalue weighted by Gasteiger charge is 2.10. The summed E-state index contributed by atoms with van der Waals surface area (Å²) in [5.41, 5.74) is 8.05. The molecule has 2 N–H and O–H groups in total. The van der Waals surface area contributed by atoms with Crippen LogP contribution in [0.1, 0.15) is 0 Å². The summed E-state index contributed by atoms with van der Waals surface area (Å²) in [6, 6.07) is 9.44. The Bertz CT molecular complexity index is 752. The fourth-order valence-electron chi connectivity index (χ4n) is 1.89. The van der Waals surface area contributed by atoms with E-state index in [4.69, 9.17) is 14.9 Å². The highest BCUT2D eigenvalue weighted by molar-refractivity contribution is 5.77. The first-order valence-electron chi connectivity index (χ1n) is 5.67. The van der Waals surface area contributed by atoms with Crippen molar-refractivity contribution in [1.29, 1.82) is 0 Å². The molecule has 2 aromatic carbocycles. The van der Waals surface area contributed by atoms with Crippen LogP contribution in [0.25, 0.3) is 22.6 Å². The lowest BCUT2D eigenvalue weighted by atomic mass is 10.2. The maximum Gasteiger partial charge on any atom is 0.227 e. The van der Waals surface area contributed by atoms with Crippen LogP contribution in [0.3, 0.4) is 0 Å². The van der Waals surface area contributed by atoms with E-state index in [1.165, 1.54) is 12.1 Å². The van der Waals surface area contributed by atoms with Crippen molar-refractivity contribution in [3.8, 4) is 17.2 Å². The van der Waals surface area contributed by atoms with E-state index in [9.17, 15) is 4.39 Å². The smallest absolute Gasteiger partial charge is 0.227 e. The van der Waals surface area contributed by atoms with Gasteiger partial charge < -0.3 is 14.9 Å². The second-order valence-corrected chi connectivity index (χ2v) is 4.09. The minimum Gasteiger partial charge on any atom is -0.495 e. The molecule has 4 nitrogen and oxygen atoms in total. The van der Waals surface area contributed by atoms with Gasteiger partial charge in [0.15, 0.2) is 5.58 Å². The average molecular weight is 258 g/mol. The molecule has 0 aliphatic carbocycles. The molecule has 0 saturated heterocycles. The summed E-state index contributed by atoms with van der Waals surface area (Å²) in [4.78, 5) is 4.24. The zero-order valence-corrected chi connectivity index (χ0v) is 10.2. The fourth-order valence-corrected chi connectivity index (χ4v) is 1.89. The molecule has 19 heavy (non-hydrogen) atoms. The Hall–Kier alpha value is -2.56. The molecule has 0 amide bonds.